The maximum absolute atomic E-state index is 12.4. The van der Waals surface area contributed by atoms with Gasteiger partial charge in [-0.2, -0.15) is 0 Å². The first kappa shape index (κ1) is 21.5. The van der Waals surface area contributed by atoms with E-state index in [2.05, 4.69) is 5.32 Å². The molecule has 0 bridgehead atoms. The monoisotopic (exact) mass is 430 g/mol. The molecule has 9 heteroatoms. The number of anilines is 1. The van der Waals surface area contributed by atoms with Crippen LogP contribution in [0.25, 0.3) is 0 Å². The number of likely N-dealkylation sites (N-methyl/N-ethyl adjacent to an activating group) is 1. The van der Waals surface area contributed by atoms with Gasteiger partial charge in [-0.05, 0) is 43.4 Å². The van der Waals surface area contributed by atoms with Gasteiger partial charge < -0.3 is 10.1 Å². The zero-order valence-corrected chi connectivity index (χ0v) is 17.2. The molecule has 0 saturated heterocycles. The summed E-state index contributed by atoms with van der Waals surface area (Å²) in [5.74, 6) is 0.0802. The quantitative estimate of drug-likeness (QED) is 0.694. The van der Waals surface area contributed by atoms with Gasteiger partial charge in [-0.3, -0.25) is 9.69 Å². The Hall–Kier alpha value is -1.80. The molecule has 0 aliphatic carbocycles. The molecule has 0 atom stereocenters. The molecule has 6 nitrogen and oxygen atoms in total. The van der Waals surface area contributed by atoms with Crippen LogP contribution in [0.3, 0.4) is 0 Å². The van der Waals surface area contributed by atoms with Crippen molar-refractivity contribution in [2.45, 2.75) is 4.90 Å². The average molecular weight is 431 g/mol. The van der Waals surface area contributed by atoms with Crippen LogP contribution in [0.1, 0.15) is 0 Å². The van der Waals surface area contributed by atoms with Gasteiger partial charge >= 0.3 is 0 Å². The number of sulfone groups is 1. The highest BCUT2D eigenvalue weighted by Crippen LogP contribution is 2.25. The Morgan fingerprint density at radius 2 is 1.89 bits per heavy atom. The zero-order chi connectivity index (χ0) is 20.0. The van der Waals surface area contributed by atoms with Crippen LogP contribution in [-0.2, 0) is 14.6 Å². The predicted octanol–water partition coefficient (Wildman–Crippen LogP) is 3.35. The molecular weight excluding hydrogens is 411 g/mol. The van der Waals surface area contributed by atoms with E-state index in [0.717, 1.165) is 0 Å². The minimum atomic E-state index is -3.48. The molecule has 0 radical (unpaired) electrons. The van der Waals surface area contributed by atoms with Crippen LogP contribution in [-0.4, -0.2) is 52.2 Å². The Morgan fingerprint density at radius 3 is 2.56 bits per heavy atom. The second-order valence-electron chi connectivity index (χ2n) is 5.91. The molecule has 0 saturated carbocycles. The largest absolute Gasteiger partial charge is 0.497 e. The van der Waals surface area contributed by atoms with E-state index in [1.807, 2.05) is 0 Å². The van der Waals surface area contributed by atoms with Crippen LogP contribution in [0.5, 0.6) is 5.75 Å². The van der Waals surface area contributed by atoms with E-state index in [0.29, 0.717) is 21.5 Å². The maximum atomic E-state index is 12.4. The Labute approximate surface area is 168 Å². The van der Waals surface area contributed by atoms with Crippen LogP contribution in [0.15, 0.2) is 47.4 Å². The number of halogens is 2. The van der Waals surface area contributed by atoms with Gasteiger partial charge in [0.15, 0.2) is 9.84 Å². The van der Waals surface area contributed by atoms with Crippen LogP contribution < -0.4 is 10.1 Å². The molecule has 0 unspecified atom stereocenters. The summed E-state index contributed by atoms with van der Waals surface area (Å²) in [6.07, 6.45) is 0. The third-order valence-corrected chi connectivity index (χ3v) is 6.19. The van der Waals surface area contributed by atoms with Crippen molar-refractivity contribution in [3.05, 3.63) is 52.5 Å². The minimum absolute atomic E-state index is 0.0356. The summed E-state index contributed by atoms with van der Waals surface area (Å²) < 4.78 is 29.9. The fraction of sp³-hybridized carbons (Fsp3) is 0.278. The standard InChI is InChI=1S/C18H20Cl2N2O4S/c1-22(12-18(23)21-13-6-7-16(19)17(20)10-13)8-9-27(24,25)15-5-3-4-14(11-15)26-2/h3-7,10-11H,8-9,12H2,1-2H3,(H,21,23). The van der Waals surface area contributed by atoms with Crippen LogP contribution in [0.4, 0.5) is 5.69 Å². The summed E-state index contributed by atoms with van der Waals surface area (Å²) >= 11 is 11.8. The highest BCUT2D eigenvalue weighted by molar-refractivity contribution is 7.91. The Kier molecular flexibility index (Phi) is 7.49. The number of amides is 1. The molecule has 2 aromatic carbocycles. The molecule has 1 N–H and O–H groups in total. The lowest BCUT2D eigenvalue weighted by molar-refractivity contribution is -0.117. The van der Waals surface area contributed by atoms with E-state index < -0.39 is 9.84 Å². The summed E-state index contributed by atoms with van der Waals surface area (Å²) in [4.78, 5) is 13.9. The Bertz CT molecular complexity index is 919. The van der Waals surface area contributed by atoms with Gasteiger partial charge in [0.25, 0.3) is 0 Å². The van der Waals surface area contributed by atoms with Crippen molar-refractivity contribution in [2.75, 3.05) is 38.3 Å². The van der Waals surface area contributed by atoms with Crippen LogP contribution >= 0.6 is 23.2 Å². The molecule has 0 fully saturated rings. The summed E-state index contributed by atoms with van der Waals surface area (Å²) in [5, 5.41) is 3.43. The number of hydrogen-bond acceptors (Lipinski definition) is 5. The number of ether oxygens (including phenoxy) is 1. The molecule has 0 spiro atoms. The normalized spacial score (nSPS) is 11.4. The molecule has 0 aliphatic heterocycles. The highest BCUT2D eigenvalue weighted by atomic mass is 35.5. The third kappa shape index (κ3) is 6.39. The van der Waals surface area contributed by atoms with Gasteiger partial charge in [-0.1, -0.05) is 29.3 Å². The second kappa shape index (κ2) is 9.41. The number of nitrogens with one attached hydrogen (secondary N) is 1. The summed E-state index contributed by atoms with van der Waals surface area (Å²) in [6, 6.07) is 11.1. The highest BCUT2D eigenvalue weighted by Gasteiger charge is 2.17. The molecule has 2 rings (SSSR count). The number of methoxy groups -OCH3 is 1. The predicted molar refractivity (Wildman–Crippen MR) is 108 cm³/mol. The Balaban J connectivity index is 1.89. The van der Waals surface area contributed by atoms with E-state index >= 15 is 0 Å². The van der Waals surface area contributed by atoms with Crippen molar-refractivity contribution >= 4 is 44.6 Å². The van der Waals surface area contributed by atoms with Crippen molar-refractivity contribution in [1.29, 1.82) is 0 Å². The van der Waals surface area contributed by atoms with E-state index in [9.17, 15) is 13.2 Å². The zero-order valence-electron chi connectivity index (χ0n) is 14.9. The smallest absolute Gasteiger partial charge is 0.238 e. The molecule has 0 heterocycles. The maximum Gasteiger partial charge on any atom is 0.238 e. The first-order chi connectivity index (χ1) is 12.7. The molecule has 146 valence electrons. The van der Waals surface area contributed by atoms with Crippen molar-refractivity contribution in [2.24, 2.45) is 0 Å². The number of rotatable bonds is 8. The van der Waals surface area contributed by atoms with E-state index in [-0.39, 0.29) is 29.6 Å². The molecule has 27 heavy (non-hydrogen) atoms. The van der Waals surface area contributed by atoms with Crippen LogP contribution in [0.2, 0.25) is 10.0 Å². The van der Waals surface area contributed by atoms with Crippen LogP contribution in [0, 0.1) is 0 Å². The number of benzene rings is 2. The topological polar surface area (TPSA) is 75.7 Å². The number of hydrogen-bond donors (Lipinski definition) is 1. The summed E-state index contributed by atoms with van der Waals surface area (Å²) in [6.45, 7) is 0.238. The fourth-order valence-corrected chi connectivity index (χ4v) is 3.95. The molecule has 2 aromatic rings. The fourth-order valence-electron chi connectivity index (χ4n) is 2.29. The van der Waals surface area contributed by atoms with Crippen molar-refractivity contribution < 1.29 is 17.9 Å². The van der Waals surface area contributed by atoms with Crippen molar-refractivity contribution in [1.82, 2.24) is 4.90 Å². The first-order valence-electron chi connectivity index (χ1n) is 8.01. The molecule has 0 aromatic heterocycles. The van der Waals surface area contributed by atoms with E-state index in [1.165, 1.54) is 19.2 Å². The van der Waals surface area contributed by atoms with Gasteiger partial charge in [-0.15, -0.1) is 0 Å². The van der Waals surface area contributed by atoms with E-state index in [1.54, 1.807) is 42.3 Å². The minimum Gasteiger partial charge on any atom is -0.497 e. The molecular formula is C18H20Cl2N2O4S. The van der Waals surface area contributed by atoms with Gasteiger partial charge in [0.05, 0.1) is 34.3 Å². The lowest BCUT2D eigenvalue weighted by Gasteiger charge is -2.16. The second-order valence-corrected chi connectivity index (χ2v) is 8.84. The molecule has 1 amide bonds. The van der Waals surface area contributed by atoms with Gasteiger partial charge in [0, 0.05) is 12.2 Å². The van der Waals surface area contributed by atoms with Gasteiger partial charge in [0.2, 0.25) is 5.91 Å². The Morgan fingerprint density at radius 1 is 1.15 bits per heavy atom. The average Bonchev–Trinajstić information content (AvgIpc) is 2.63. The van der Waals surface area contributed by atoms with Crippen molar-refractivity contribution in [3.8, 4) is 5.75 Å². The molecule has 0 aliphatic rings. The number of nitrogens with zero attached hydrogens (tertiary/aromatic N) is 1. The first-order valence-corrected chi connectivity index (χ1v) is 10.4. The third-order valence-electron chi connectivity index (χ3n) is 3.76. The summed E-state index contributed by atoms with van der Waals surface area (Å²) in [5.41, 5.74) is 0.520. The van der Waals surface area contributed by atoms with Crippen molar-refractivity contribution in [3.63, 3.8) is 0 Å². The lowest BCUT2D eigenvalue weighted by Crippen LogP contribution is -2.33. The number of carbonyl (C=O) groups is 1. The lowest BCUT2D eigenvalue weighted by atomic mass is 10.3. The summed E-state index contributed by atoms with van der Waals surface area (Å²) in [7, 11) is -0.324. The number of carbonyl (C=O) groups excluding carboxylic acids is 1. The van der Waals surface area contributed by atoms with Gasteiger partial charge in [-0.25, -0.2) is 8.42 Å². The SMILES string of the molecule is COc1cccc(S(=O)(=O)CCN(C)CC(=O)Nc2ccc(Cl)c(Cl)c2)c1. The van der Waals surface area contributed by atoms with Gasteiger partial charge in [0.1, 0.15) is 5.75 Å². The van der Waals surface area contributed by atoms with E-state index in [4.69, 9.17) is 27.9 Å².